The minimum Gasteiger partial charge on any atom is -0.495 e. The Labute approximate surface area is 139 Å². The number of ether oxygens (including phenoxy) is 1. The Balaban J connectivity index is 1.86. The Morgan fingerprint density at radius 1 is 1.26 bits per heavy atom. The third-order valence-corrected chi connectivity index (χ3v) is 5.19. The Morgan fingerprint density at radius 3 is 2.91 bits per heavy atom. The van der Waals surface area contributed by atoms with Gasteiger partial charge in [0.2, 0.25) is 0 Å². The number of benzene rings is 2. The largest absolute Gasteiger partial charge is 0.495 e. The first-order valence-electron chi connectivity index (χ1n) is 7.74. The third kappa shape index (κ3) is 2.31. The molecule has 1 aliphatic carbocycles. The second-order valence-corrected chi connectivity index (χ2v) is 6.48. The molecule has 23 heavy (non-hydrogen) atoms. The molecule has 0 unspecified atom stereocenters. The number of allylic oxidation sites excluding steroid dienone is 2. The summed E-state index contributed by atoms with van der Waals surface area (Å²) < 4.78 is 19.2. The summed E-state index contributed by atoms with van der Waals surface area (Å²) in [5.41, 5.74) is 2.95. The van der Waals surface area contributed by atoms with Gasteiger partial charge in [0.25, 0.3) is 0 Å². The van der Waals surface area contributed by atoms with Gasteiger partial charge in [-0.2, -0.15) is 0 Å². The second-order valence-electron chi connectivity index (χ2n) is 6.07. The van der Waals surface area contributed by atoms with E-state index in [2.05, 4.69) is 17.5 Å². The van der Waals surface area contributed by atoms with Crippen molar-refractivity contribution in [3.63, 3.8) is 0 Å². The van der Waals surface area contributed by atoms with Gasteiger partial charge in [-0.1, -0.05) is 35.9 Å². The topological polar surface area (TPSA) is 21.3 Å². The Morgan fingerprint density at radius 2 is 2.13 bits per heavy atom. The fourth-order valence-electron chi connectivity index (χ4n) is 3.84. The van der Waals surface area contributed by atoms with Gasteiger partial charge in [0.05, 0.1) is 18.8 Å². The van der Waals surface area contributed by atoms with Crippen molar-refractivity contribution in [2.45, 2.75) is 18.4 Å². The highest BCUT2D eigenvalue weighted by Crippen LogP contribution is 2.54. The molecule has 2 aromatic rings. The lowest BCUT2D eigenvalue weighted by molar-refractivity contribution is 0.397. The van der Waals surface area contributed by atoms with Crippen molar-refractivity contribution in [2.75, 3.05) is 12.4 Å². The fourth-order valence-corrected chi connectivity index (χ4v) is 4.12. The van der Waals surface area contributed by atoms with Gasteiger partial charge in [-0.15, -0.1) is 0 Å². The molecular weight excluding hydrogens is 313 g/mol. The molecule has 0 amide bonds. The van der Waals surface area contributed by atoms with Crippen molar-refractivity contribution in [3.05, 3.63) is 70.5 Å². The molecule has 0 bridgehead atoms. The summed E-state index contributed by atoms with van der Waals surface area (Å²) in [6.07, 6.45) is 5.35. The molecule has 3 atom stereocenters. The molecular formula is C19H17ClFNO. The van der Waals surface area contributed by atoms with E-state index in [0.29, 0.717) is 5.92 Å². The first-order valence-corrected chi connectivity index (χ1v) is 8.12. The SMILES string of the molecule is COc1ccc(Cl)c2c1N[C@H](c1cccc(F)c1)[C@H]1CC=C[C@H]21. The summed E-state index contributed by atoms with van der Waals surface area (Å²) in [6, 6.07) is 10.6. The molecule has 1 heterocycles. The Bertz CT molecular complexity index is 789. The lowest BCUT2D eigenvalue weighted by Gasteiger charge is -2.38. The van der Waals surface area contributed by atoms with E-state index in [1.807, 2.05) is 18.2 Å². The molecule has 0 aromatic heterocycles. The van der Waals surface area contributed by atoms with Crippen molar-refractivity contribution < 1.29 is 9.13 Å². The molecule has 2 aliphatic rings. The van der Waals surface area contributed by atoms with Gasteiger partial charge >= 0.3 is 0 Å². The molecule has 2 aromatic carbocycles. The number of hydrogen-bond donors (Lipinski definition) is 1. The average Bonchev–Trinajstić information content (AvgIpc) is 3.03. The zero-order valence-corrected chi connectivity index (χ0v) is 13.5. The van der Waals surface area contributed by atoms with E-state index in [1.54, 1.807) is 19.2 Å². The number of nitrogens with one attached hydrogen (secondary N) is 1. The van der Waals surface area contributed by atoms with Crippen LogP contribution in [0.1, 0.15) is 29.5 Å². The van der Waals surface area contributed by atoms with Crippen LogP contribution in [-0.4, -0.2) is 7.11 Å². The zero-order chi connectivity index (χ0) is 16.0. The van der Waals surface area contributed by atoms with E-state index in [0.717, 1.165) is 34.0 Å². The Hall–Kier alpha value is -2.00. The lowest BCUT2D eigenvalue weighted by atomic mass is 9.77. The maximum atomic E-state index is 13.7. The summed E-state index contributed by atoms with van der Waals surface area (Å²) in [6.45, 7) is 0. The van der Waals surface area contributed by atoms with Crippen LogP contribution in [0.5, 0.6) is 5.75 Å². The predicted octanol–water partition coefficient (Wildman–Crippen LogP) is 5.31. The van der Waals surface area contributed by atoms with Crippen molar-refractivity contribution in [3.8, 4) is 5.75 Å². The first kappa shape index (κ1) is 14.6. The van der Waals surface area contributed by atoms with E-state index in [1.165, 1.54) is 6.07 Å². The summed E-state index contributed by atoms with van der Waals surface area (Å²) in [5.74, 6) is 1.11. The van der Waals surface area contributed by atoms with Gasteiger partial charge in [-0.05, 0) is 42.2 Å². The number of halogens is 2. The fraction of sp³-hybridized carbons (Fsp3) is 0.263. The highest BCUT2D eigenvalue weighted by Gasteiger charge is 2.40. The van der Waals surface area contributed by atoms with E-state index in [4.69, 9.17) is 16.3 Å². The maximum absolute atomic E-state index is 13.7. The summed E-state index contributed by atoms with van der Waals surface area (Å²) in [7, 11) is 1.65. The highest BCUT2D eigenvalue weighted by atomic mass is 35.5. The van der Waals surface area contributed by atoms with Crippen LogP contribution in [0.25, 0.3) is 0 Å². The molecule has 0 saturated carbocycles. The number of rotatable bonds is 2. The quantitative estimate of drug-likeness (QED) is 0.753. The number of hydrogen-bond acceptors (Lipinski definition) is 2. The standard InChI is InChI=1S/C19H17ClFNO/c1-23-16-9-8-15(20)17-13-6-3-7-14(13)18(22-19(16)17)11-4-2-5-12(21)10-11/h2-6,8-10,13-14,18,22H,7H2,1H3/t13-,14-,18+/m0/s1. The van der Waals surface area contributed by atoms with Crippen molar-refractivity contribution >= 4 is 17.3 Å². The summed E-state index contributed by atoms with van der Waals surface area (Å²) in [5, 5.41) is 4.30. The predicted molar refractivity (Wildman–Crippen MR) is 90.8 cm³/mol. The van der Waals surface area contributed by atoms with E-state index >= 15 is 0 Å². The van der Waals surface area contributed by atoms with Gasteiger partial charge < -0.3 is 10.1 Å². The molecule has 0 radical (unpaired) electrons. The second kappa shape index (κ2) is 5.57. The van der Waals surface area contributed by atoms with Gasteiger partial charge in [0, 0.05) is 16.5 Å². The minimum absolute atomic E-state index is 0.0329. The monoisotopic (exact) mass is 329 g/mol. The van der Waals surface area contributed by atoms with Crippen molar-refractivity contribution in [1.29, 1.82) is 0 Å². The van der Waals surface area contributed by atoms with Crippen LogP contribution in [-0.2, 0) is 0 Å². The van der Waals surface area contributed by atoms with Crippen LogP contribution in [0.2, 0.25) is 5.02 Å². The zero-order valence-electron chi connectivity index (χ0n) is 12.7. The molecule has 0 spiro atoms. The van der Waals surface area contributed by atoms with Gasteiger partial charge in [0.1, 0.15) is 11.6 Å². The van der Waals surface area contributed by atoms with Crippen molar-refractivity contribution in [2.24, 2.45) is 5.92 Å². The molecule has 4 rings (SSSR count). The average molecular weight is 330 g/mol. The molecule has 2 nitrogen and oxygen atoms in total. The van der Waals surface area contributed by atoms with Crippen LogP contribution in [0.4, 0.5) is 10.1 Å². The number of methoxy groups -OCH3 is 1. The number of anilines is 1. The summed E-state index contributed by atoms with van der Waals surface area (Å²) in [4.78, 5) is 0. The molecule has 1 N–H and O–H groups in total. The van der Waals surface area contributed by atoms with Crippen LogP contribution >= 0.6 is 11.6 Å². The van der Waals surface area contributed by atoms with Crippen molar-refractivity contribution in [1.82, 2.24) is 0 Å². The van der Waals surface area contributed by atoms with Gasteiger partial charge in [0.15, 0.2) is 0 Å². The minimum atomic E-state index is -0.212. The molecule has 0 fully saturated rings. The first-order chi connectivity index (χ1) is 11.2. The van der Waals surface area contributed by atoms with E-state index in [-0.39, 0.29) is 17.8 Å². The van der Waals surface area contributed by atoms with E-state index < -0.39 is 0 Å². The highest BCUT2D eigenvalue weighted by molar-refractivity contribution is 6.32. The molecule has 1 aliphatic heterocycles. The van der Waals surface area contributed by atoms with Crippen LogP contribution in [0.15, 0.2) is 48.6 Å². The molecule has 0 saturated heterocycles. The lowest BCUT2D eigenvalue weighted by Crippen LogP contribution is -2.29. The van der Waals surface area contributed by atoms with Crippen LogP contribution < -0.4 is 10.1 Å². The van der Waals surface area contributed by atoms with Crippen LogP contribution in [0.3, 0.4) is 0 Å². The molecule has 4 heteroatoms. The smallest absolute Gasteiger partial charge is 0.142 e. The van der Waals surface area contributed by atoms with Crippen LogP contribution in [0, 0.1) is 11.7 Å². The Kier molecular flexibility index (Phi) is 3.53. The normalized spacial score (nSPS) is 24.7. The third-order valence-electron chi connectivity index (χ3n) is 4.86. The number of fused-ring (bicyclic) bond motifs is 3. The maximum Gasteiger partial charge on any atom is 0.142 e. The molecule has 118 valence electrons. The summed E-state index contributed by atoms with van der Waals surface area (Å²) >= 11 is 6.47. The van der Waals surface area contributed by atoms with Gasteiger partial charge in [-0.3, -0.25) is 0 Å². The van der Waals surface area contributed by atoms with E-state index in [9.17, 15) is 4.39 Å². The van der Waals surface area contributed by atoms with Gasteiger partial charge in [-0.25, -0.2) is 4.39 Å².